The van der Waals surface area contributed by atoms with Crippen molar-refractivity contribution in [3.63, 3.8) is 0 Å². The largest absolute Gasteiger partial charge is 0.229 e. The summed E-state index contributed by atoms with van der Waals surface area (Å²) in [7, 11) is -6.46. The summed E-state index contributed by atoms with van der Waals surface area (Å²) in [6.45, 7) is 3.29. The lowest BCUT2D eigenvalue weighted by Gasteiger charge is -2.12. The van der Waals surface area contributed by atoms with Crippen LogP contribution in [0.1, 0.15) is 20.3 Å². The second kappa shape index (κ2) is 5.09. The molecule has 0 aliphatic carbocycles. The number of sulfonamides is 1. The summed E-state index contributed by atoms with van der Waals surface area (Å²) in [6.07, 6.45) is 1.60. The zero-order valence-corrected chi connectivity index (χ0v) is 10.3. The van der Waals surface area contributed by atoms with Gasteiger partial charge in [-0.2, -0.15) is 0 Å². The maximum Gasteiger partial charge on any atom is 0.211 e. The van der Waals surface area contributed by atoms with Crippen molar-refractivity contribution < 1.29 is 16.8 Å². The van der Waals surface area contributed by atoms with E-state index in [4.69, 9.17) is 0 Å². The van der Waals surface area contributed by atoms with Crippen LogP contribution in [0.5, 0.6) is 0 Å². The van der Waals surface area contributed by atoms with E-state index in [0.29, 0.717) is 6.42 Å². The van der Waals surface area contributed by atoms with Crippen molar-refractivity contribution in [3.8, 4) is 0 Å². The first-order chi connectivity index (χ1) is 6.16. The van der Waals surface area contributed by atoms with Crippen LogP contribution < -0.4 is 4.72 Å². The Morgan fingerprint density at radius 3 is 2.07 bits per heavy atom. The molecule has 5 nitrogen and oxygen atoms in total. The highest BCUT2D eigenvalue weighted by Gasteiger charge is 2.16. The fourth-order valence-electron chi connectivity index (χ4n) is 1.12. The summed E-state index contributed by atoms with van der Waals surface area (Å²) in [6, 6.07) is -0.568. The summed E-state index contributed by atoms with van der Waals surface area (Å²) in [5, 5.41) is 0. The second-order valence-corrected chi connectivity index (χ2v) is 7.49. The van der Waals surface area contributed by atoms with Gasteiger partial charge in [0.25, 0.3) is 0 Å². The molecule has 0 bridgehead atoms. The lowest BCUT2D eigenvalue weighted by atomic mass is 10.4. The summed E-state index contributed by atoms with van der Waals surface area (Å²) in [4.78, 5) is 0. The number of hydrogen-bond donors (Lipinski definition) is 1. The van der Waals surface area contributed by atoms with Crippen molar-refractivity contribution in [1.82, 2.24) is 4.72 Å². The fraction of sp³-hybridized carbons (Fsp3) is 1.00. The van der Waals surface area contributed by atoms with E-state index in [1.807, 2.05) is 0 Å². The smallest absolute Gasteiger partial charge is 0.211 e. The normalized spacial score (nSPS) is 15.4. The number of sulfone groups is 1. The first-order valence-corrected chi connectivity index (χ1v) is 8.05. The van der Waals surface area contributed by atoms with Crippen molar-refractivity contribution in [1.29, 1.82) is 0 Å². The Labute approximate surface area is 85.9 Å². The SMILES string of the molecule is CCCS(=O)(=O)NC(C)CS(C)(=O)=O. The van der Waals surface area contributed by atoms with Gasteiger partial charge in [-0.15, -0.1) is 0 Å². The van der Waals surface area contributed by atoms with Gasteiger partial charge in [-0.1, -0.05) is 6.92 Å². The molecule has 0 saturated carbocycles. The molecule has 0 heterocycles. The lowest BCUT2D eigenvalue weighted by molar-refractivity contribution is 0.563. The molecule has 14 heavy (non-hydrogen) atoms. The predicted octanol–water partition coefficient (Wildman–Crippen LogP) is -0.251. The third-order valence-electron chi connectivity index (χ3n) is 1.41. The number of hydrogen-bond acceptors (Lipinski definition) is 4. The van der Waals surface area contributed by atoms with E-state index in [1.54, 1.807) is 6.92 Å². The molecule has 0 fully saturated rings. The highest BCUT2D eigenvalue weighted by Crippen LogP contribution is 1.95. The second-order valence-electron chi connectivity index (χ2n) is 3.43. The van der Waals surface area contributed by atoms with Crippen LogP contribution in [-0.4, -0.2) is 40.6 Å². The van der Waals surface area contributed by atoms with E-state index in [1.165, 1.54) is 6.92 Å². The molecule has 0 aliphatic heterocycles. The van der Waals surface area contributed by atoms with Gasteiger partial charge in [0.2, 0.25) is 10.0 Å². The zero-order valence-electron chi connectivity index (χ0n) is 8.65. The Balaban J connectivity index is 4.27. The van der Waals surface area contributed by atoms with Crippen molar-refractivity contribution in [3.05, 3.63) is 0 Å². The first kappa shape index (κ1) is 13.9. The molecular weight excluding hydrogens is 226 g/mol. The van der Waals surface area contributed by atoms with Crippen molar-refractivity contribution in [2.75, 3.05) is 17.8 Å². The Bertz CT molecular complexity index is 357. The molecule has 0 aromatic heterocycles. The van der Waals surface area contributed by atoms with Crippen molar-refractivity contribution in [2.45, 2.75) is 26.3 Å². The van der Waals surface area contributed by atoms with Gasteiger partial charge < -0.3 is 0 Å². The third-order valence-corrected chi connectivity index (χ3v) is 4.22. The van der Waals surface area contributed by atoms with Gasteiger partial charge in [0.15, 0.2) is 0 Å². The molecular formula is C7H17NO4S2. The molecule has 86 valence electrons. The molecule has 1 unspecified atom stereocenters. The maximum atomic E-state index is 11.2. The summed E-state index contributed by atoms with van der Waals surface area (Å²) in [5.41, 5.74) is 0. The molecule has 7 heteroatoms. The van der Waals surface area contributed by atoms with Gasteiger partial charge in [0, 0.05) is 12.3 Å². The van der Waals surface area contributed by atoms with Crippen LogP contribution in [0, 0.1) is 0 Å². The summed E-state index contributed by atoms with van der Waals surface area (Å²) in [5.74, 6) is -0.142. The molecule has 0 spiro atoms. The van der Waals surface area contributed by atoms with E-state index >= 15 is 0 Å². The van der Waals surface area contributed by atoms with Crippen molar-refractivity contribution >= 4 is 19.9 Å². The monoisotopic (exact) mass is 243 g/mol. The van der Waals surface area contributed by atoms with Crippen LogP contribution in [0.3, 0.4) is 0 Å². The van der Waals surface area contributed by atoms with Gasteiger partial charge in [-0.3, -0.25) is 0 Å². The molecule has 0 aromatic carbocycles. The molecule has 1 atom stereocenters. The zero-order chi connectivity index (χ0) is 11.4. The van der Waals surface area contributed by atoms with Crippen LogP contribution in [-0.2, 0) is 19.9 Å². The molecule has 0 radical (unpaired) electrons. The van der Waals surface area contributed by atoms with E-state index < -0.39 is 25.9 Å². The van der Waals surface area contributed by atoms with Crippen LogP contribution in [0.15, 0.2) is 0 Å². The highest BCUT2D eigenvalue weighted by molar-refractivity contribution is 7.91. The van der Waals surface area contributed by atoms with Crippen LogP contribution in [0.4, 0.5) is 0 Å². The highest BCUT2D eigenvalue weighted by atomic mass is 32.2. The Morgan fingerprint density at radius 1 is 1.21 bits per heavy atom. The van der Waals surface area contributed by atoms with Gasteiger partial charge in [0.05, 0.1) is 11.5 Å². The van der Waals surface area contributed by atoms with E-state index in [2.05, 4.69) is 4.72 Å². The molecule has 1 N–H and O–H groups in total. The van der Waals surface area contributed by atoms with E-state index in [-0.39, 0.29) is 11.5 Å². The molecule has 0 amide bonds. The third kappa shape index (κ3) is 7.28. The molecule has 0 aliphatic rings. The van der Waals surface area contributed by atoms with E-state index in [9.17, 15) is 16.8 Å². The Hall–Kier alpha value is -0.140. The van der Waals surface area contributed by atoms with E-state index in [0.717, 1.165) is 6.26 Å². The molecule has 0 rings (SSSR count). The van der Waals surface area contributed by atoms with Crippen LogP contribution in [0.2, 0.25) is 0 Å². The lowest BCUT2D eigenvalue weighted by Crippen LogP contribution is -2.38. The topological polar surface area (TPSA) is 80.3 Å². The Morgan fingerprint density at radius 2 is 1.71 bits per heavy atom. The fourth-order valence-corrected chi connectivity index (χ4v) is 3.57. The van der Waals surface area contributed by atoms with Crippen molar-refractivity contribution in [2.24, 2.45) is 0 Å². The first-order valence-electron chi connectivity index (χ1n) is 4.34. The molecule has 0 saturated heterocycles. The average molecular weight is 243 g/mol. The van der Waals surface area contributed by atoms with Gasteiger partial charge in [-0.05, 0) is 13.3 Å². The van der Waals surface area contributed by atoms with Gasteiger partial charge in [-0.25, -0.2) is 21.6 Å². The minimum absolute atomic E-state index is 0.0289. The summed E-state index contributed by atoms with van der Waals surface area (Å²) >= 11 is 0. The molecule has 0 aromatic rings. The van der Waals surface area contributed by atoms with Gasteiger partial charge in [0.1, 0.15) is 9.84 Å². The van der Waals surface area contributed by atoms with Gasteiger partial charge >= 0.3 is 0 Å². The summed E-state index contributed by atoms with van der Waals surface area (Å²) < 4.78 is 46.4. The minimum atomic E-state index is -3.32. The minimum Gasteiger partial charge on any atom is -0.229 e. The number of nitrogens with one attached hydrogen (secondary N) is 1. The maximum absolute atomic E-state index is 11.2. The Kier molecular flexibility index (Phi) is 5.03. The standard InChI is InChI=1S/C7H17NO4S2/c1-4-5-14(11,12)8-7(2)6-13(3,9)10/h7-8H,4-6H2,1-3H3. The quantitative estimate of drug-likeness (QED) is 0.697. The predicted molar refractivity (Wildman–Crippen MR) is 56.4 cm³/mol. The average Bonchev–Trinajstić information content (AvgIpc) is 1.78. The van der Waals surface area contributed by atoms with Crippen LogP contribution in [0.25, 0.3) is 0 Å². The van der Waals surface area contributed by atoms with Crippen LogP contribution >= 0.6 is 0 Å². The number of rotatable bonds is 6.